The Kier molecular flexibility index (Phi) is 49.3. The number of allylic oxidation sites excluding steroid dienone is 6. The molecule has 0 aromatic heterocycles. The van der Waals surface area contributed by atoms with Gasteiger partial charge in [0.15, 0.2) is 6.10 Å². The van der Waals surface area contributed by atoms with Crippen LogP contribution in [-0.2, 0) is 42.2 Å². The zero-order valence-electron chi connectivity index (χ0n) is 43.8. The SMILES string of the molecule is CCC/C=C\C/C=C\CCCCCCCC(=O)OC(COC(=O)CCCCCCC/C=C\CCCCCCCC)COP(=O)(O)OCC(CO)OC(=O)CCCCCCCCCCCCCCC. The summed E-state index contributed by atoms with van der Waals surface area (Å²) in [6.45, 7) is 4.57. The first-order chi connectivity index (χ1) is 33.2. The predicted molar refractivity (Wildman–Crippen MR) is 279 cm³/mol. The van der Waals surface area contributed by atoms with Crippen LogP contribution in [0.1, 0.15) is 265 Å². The minimum atomic E-state index is -4.74. The fourth-order valence-electron chi connectivity index (χ4n) is 7.74. The molecule has 0 bridgehead atoms. The van der Waals surface area contributed by atoms with Crippen LogP contribution in [0.15, 0.2) is 36.5 Å². The third-order valence-electron chi connectivity index (χ3n) is 12.0. The number of rotatable bonds is 52. The van der Waals surface area contributed by atoms with Crippen molar-refractivity contribution in [2.45, 2.75) is 277 Å². The van der Waals surface area contributed by atoms with Gasteiger partial charge in [-0.1, -0.05) is 211 Å². The molecule has 11 nitrogen and oxygen atoms in total. The fourth-order valence-corrected chi connectivity index (χ4v) is 8.53. The Morgan fingerprint density at radius 2 is 0.750 bits per heavy atom. The van der Waals surface area contributed by atoms with Gasteiger partial charge in [0.05, 0.1) is 19.8 Å². The van der Waals surface area contributed by atoms with E-state index in [1.807, 2.05) is 0 Å². The molecule has 0 aromatic carbocycles. The number of aliphatic hydroxyl groups excluding tert-OH is 1. The van der Waals surface area contributed by atoms with Crippen LogP contribution in [0.25, 0.3) is 0 Å². The molecule has 0 heterocycles. The van der Waals surface area contributed by atoms with Crippen LogP contribution in [0.3, 0.4) is 0 Å². The van der Waals surface area contributed by atoms with Gasteiger partial charge in [0.1, 0.15) is 12.7 Å². The maximum absolute atomic E-state index is 12.9. The maximum atomic E-state index is 12.9. The average molecular weight is 983 g/mol. The molecule has 0 spiro atoms. The zero-order valence-corrected chi connectivity index (χ0v) is 44.7. The number of carbonyl (C=O) groups is 3. The predicted octanol–water partition coefficient (Wildman–Crippen LogP) is 16.0. The van der Waals surface area contributed by atoms with E-state index in [2.05, 4.69) is 57.2 Å². The Morgan fingerprint density at radius 3 is 1.16 bits per heavy atom. The smallest absolute Gasteiger partial charge is 0.462 e. The Morgan fingerprint density at radius 1 is 0.412 bits per heavy atom. The van der Waals surface area contributed by atoms with Gasteiger partial charge in [-0.05, 0) is 70.6 Å². The van der Waals surface area contributed by atoms with Crippen LogP contribution >= 0.6 is 7.82 Å². The van der Waals surface area contributed by atoms with Gasteiger partial charge in [-0.2, -0.15) is 0 Å². The van der Waals surface area contributed by atoms with Crippen LogP contribution in [0.2, 0.25) is 0 Å². The van der Waals surface area contributed by atoms with Crippen molar-refractivity contribution in [2.24, 2.45) is 0 Å². The average Bonchev–Trinajstić information content (AvgIpc) is 3.32. The van der Waals surface area contributed by atoms with Crippen molar-refractivity contribution >= 4 is 25.7 Å². The molecule has 0 aromatic rings. The van der Waals surface area contributed by atoms with Gasteiger partial charge >= 0.3 is 25.7 Å². The van der Waals surface area contributed by atoms with E-state index in [0.717, 1.165) is 109 Å². The first-order valence-corrected chi connectivity index (χ1v) is 29.4. The van der Waals surface area contributed by atoms with Gasteiger partial charge in [-0.3, -0.25) is 23.4 Å². The molecule has 68 heavy (non-hydrogen) atoms. The molecule has 0 fully saturated rings. The number of phosphoric ester groups is 1. The third kappa shape index (κ3) is 48.7. The number of carbonyl (C=O) groups excluding carboxylic acids is 3. The van der Waals surface area contributed by atoms with Gasteiger partial charge in [0.25, 0.3) is 0 Å². The van der Waals surface area contributed by atoms with E-state index in [9.17, 15) is 28.9 Å². The van der Waals surface area contributed by atoms with Crippen LogP contribution in [0, 0.1) is 0 Å². The highest BCUT2D eigenvalue weighted by Gasteiger charge is 2.28. The molecule has 0 aliphatic carbocycles. The Hall–Kier alpha value is -2.30. The summed E-state index contributed by atoms with van der Waals surface area (Å²) < 4.78 is 39.4. The van der Waals surface area contributed by atoms with Crippen molar-refractivity contribution in [3.8, 4) is 0 Å². The summed E-state index contributed by atoms with van der Waals surface area (Å²) in [5.41, 5.74) is 0. The normalized spacial score (nSPS) is 13.7. The molecule has 12 heteroatoms. The largest absolute Gasteiger partial charge is 0.472 e. The second kappa shape index (κ2) is 51.1. The fraction of sp³-hybridized carbons (Fsp3) is 0.839. The zero-order chi connectivity index (χ0) is 49.9. The van der Waals surface area contributed by atoms with Crippen molar-refractivity contribution in [1.82, 2.24) is 0 Å². The summed E-state index contributed by atoms with van der Waals surface area (Å²) >= 11 is 0. The summed E-state index contributed by atoms with van der Waals surface area (Å²) in [5, 5.41) is 9.79. The van der Waals surface area contributed by atoms with Crippen LogP contribution in [0.5, 0.6) is 0 Å². The lowest BCUT2D eigenvalue weighted by Crippen LogP contribution is -2.30. The Labute approximate surface area is 416 Å². The Balaban J connectivity index is 4.72. The highest BCUT2D eigenvalue weighted by Crippen LogP contribution is 2.43. The van der Waals surface area contributed by atoms with Crippen molar-refractivity contribution in [3.05, 3.63) is 36.5 Å². The highest BCUT2D eigenvalue weighted by molar-refractivity contribution is 7.47. The first-order valence-electron chi connectivity index (χ1n) is 27.9. The van der Waals surface area contributed by atoms with E-state index >= 15 is 0 Å². The van der Waals surface area contributed by atoms with E-state index in [4.69, 9.17) is 23.3 Å². The molecule has 0 rings (SSSR count). The minimum absolute atomic E-state index is 0.152. The maximum Gasteiger partial charge on any atom is 0.472 e. The molecule has 0 saturated carbocycles. The number of unbranched alkanes of at least 4 members (excludes halogenated alkanes) is 29. The summed E-state index contributed by atoms with van der Waals surface area (Å²) in [5.74, 6) is -1.48. The number of phosphoric acid groups is 1. The third-order valence-corrected chi connectivity index (χ3v) is 13.0. The van der Waals surface area contributed by atoms with E-state index in [0.29, 0.717) is 19.3 Å². The number of aliphatic hydroxyl groups is 1. The molecule has 0 radical (unpaired) electrons. The second-order valence-corrected chi connectivity index (χ2v) is 20.2. The van der Waals surface area contributed by atoms with Crippen LogP contribution in [0.4, 0.5) is 0 Å². The second-order valence-electron chi connectivity index (χ2n) is 18.7. The van der Waals surface area contributed by atoms with Gasteiger partial charge in [0.2, 0.25) is 0 Å². The topological polar surface area (TPSA) is 155 Å². The molecule has 0 aliphatic rings. The first kappa shape index (κ1) is 65.7. The summed E-state index contributed by atoms with van der Waals surface area (Å²) in [6, 6.07) is 0. The van der Waals surface area contributed by atoms with Gasteiger partial charge < -0.3 is 24.2 Å². The number of esters is 3. The number of ether oxygens (including phenoxy) is 3. The van der Waals surface area contributed by atoms with Crippen molar-refractivity contribution in [2.75, 3.05) is 26.4 Å². The van der Waals surface area contributed by atoms with E-state index in [-0.39, 0.29) is 25.9 Å². The van der Waals surface area contributed by atoms with Gasteiger partial charge in [0, 0.05) is 19.3 Å². The summed E-state index contributed by atoms with van der Waals surface area (Å²) in [7, 11) is -4.74. The highest BCUT2D eigenvalue weighted by atomic mass is 31.2. The van der Waals surface area contributed by atoms with Crippen LogP contribution < -0.4 is 0 Å². The van der Waals surface area contributed by atoms with Gasteiger partial charge in [-0.15, -0.1) is 0 Å². The molecule has 0 saturated heterocycles. The van der Waals surface area contributed by atoms with E-state index < -0.39 is 57.8 Å². The molecule has 3 unspecified atom stereocenters. The van der Waals surface area contributed by atoms with Gasteiger partial charge in [-0.25, -0.2) is 4.57 Å². The minimum Gasteiger partial charge on any atom is -0.462 e. The lowest BCUT2D eigenvalue weighted by molar-refractivity contribution is -0.161. The molecule has 0 amide bonds. The van der Waals surface area contributed by atoms with Crippen molar-refractivity contribution in [3.63, 3.8) is 0 Å². The van der Waals surface area contributed by atoms with Crippen molar-refractivity contribution < 1.29 is 52.2 Å². The molecule has 3 atom stereocenters. The molecular weight excluding hydrogens is 880 g/mol. The van der Waals surface area contributed by atoms with E-state index in [1.165, 1.54) is 96.3 Å². The lowest BCUT2D eigenvalue weighted by atomic mass is 10.0. The lowest BCUT2D eigenvalue weighted by Gasteiger charge is -2.21. The van der Waals surface area contributed by atoms with Crippen molar-refractivity contribution in [1.29, 1.82) is 0 Å². The molecule has 0 aliphatic heterocycles. The monoisotopic (exact) mass is 983 g/mol. The molecular formula is C56H103O11P. The van der Waals surface area contributed by atoms with Crippen LogP contribution in [-0.4, -0.2) is 66.5 Å². The number of hydrogen-bond acceptors (Lipinski definition) is 10. The standard InChI is InChI=1S/C56H103O11P/c1-4-7-10-13-16-19-22-25-26-29-30-33-36-39-42-45-54(58)63-49-53(67-56(60)47-44-41-38-35-32-28-24-21-18-15-12-9-6-3)51-65-68(61,62)64-50-52(48-57)66-55(59)46-43-40-37-34-31-27-23-20-17-14-11-8-5-2/h12,15,21,24-26,52-53,57H,4-11,13-14,16-20,22-23,27-51H2,1-3H3,(H,61,62)/b15-12-,24-21-,26-25-. The quantitative estimate of drug-likeness (QED) is 0.0197. The molecule has 2 N–H and O–H groups in total. The molecule has 398 valence electrons. The number of hydrogen-bond donors (Lipinski definition) is 2. The summed E-state index contributed by atoms with van der Waals surface area (Å²) in [6.07, 6.45) is 51.0. The summed E-state index contributed by atoms with van der Waals surface area (Å²) in [4.78, 5) is 48.4. The van der Waals surface area contributed by atoms with E-state index in [1.54, 1.807) is 0 Å². The Bertz CT molecular complexity index is 1280.